The highest BCUT2D eigenvalue weighted by Crippen LogP contribution is 2.27. The second-order valence-corrected chi connectivity index (χ2v) is 4.99. The van der Waals surface area contributed by atoms with E-state index in [0.29, 0.717) is 35.4 Å². The third-order valence-corrected chi connectivity index (χ3v) is 3.66. The van der Waals surface area contributed by atoms with Crippen LogP contribution in [-0.4, -0.2) is 41.7 Å². The number of carbonyl (C=O) groups excluding carboxylic acids is 1. The summed E-state index contributed by atoms with van der Waals surface area (Å²) in [6.07, 6.45) is 1.67. The Morgan fingerprint density at radius 1 is 1.55 bits per heavy atom. The summed E-state index contributed by atoms with van der Waals surface area (Å²) in [5.41, 5.74) is 0.591. The smallest absolute Gasteiger partial charge is 0.350 e. The number of carbonyl (C=O) groups is 2. The SMILES string of the molecule is C=CCN(CCC(=O)O)c1nc(C)c(C(=O)OCC)s1. The first kappa shape index (κ1) is 16.2. The fourth-order valence-corrected chi connectivity index (χ4v) is 2.55. The minimum atomic E-state index is -0.877. The van der Waals surface area contributed by atoms with Gasteiger partial charge in [0.15, 0.2) is 5.13 Å². The maximum Gasteiger partial charge on any atom is 0.350 e. The summed E-state index contributed by atoms with van der Waals surface area (Å²) in [5, 5.41) is 9.36. The van der Waals surface area contributed by atoms with Gasteiger partial charge >= 0.3 is 11.9 Å². The lowest BCUT2D eigenvalue weighted by Crippen LogP contribution is -2.26. The van der Waals surface area contributed by atoms with Crippen LogP contribution in [-0.2, 0) is 9.53 Å². The molecule has 1 rings (SSSR count). The molecule has 0 aliphatic rings. The zero-order valence-electron chi connectivity index (χ0n) is 11.6. The van der Waals surface area contributed by atoms with Crippen molar-refractivity contribution in [1.29, 1.82) is 0 Å². The lowest BCUT2D eigenvalue weighted by Gasteiger charge is -2.18. The molecule has 0 amide bonds. The number of hydrogen-bond donors (Lipinski definition) is 1. The Balaban J connectivity index is 2.91. The number of aryl methyl sites for hydroxylation is 1. The topological polar surface area (TPSA) is 79.7 Å². The van der Waals surface area contributed by atoms with Crippen molar-refractivity contribution in [3.8, 4) is 0 Å². The van der Waals surface area contributed by atoms with Crippen LogP contribution < -0.4 is 4.90 Å². The number of carboxylic acids is 1. The maximum absolute atomic E-state index is 11.7. The van der Waals surface area contributed by atoms with E-state index < -0.39 is 11.9 Å². The van der Waals surface area contributed by atoms with Gasteiger partial charge in [-0.05, 0) is 13.8 Å². The van der Waals surface area contributed by atoms with Crippen LogP contribution in [0, 0.1) is 6.92 Å². The van der Waals surface area contributed by atoms with E-state index >= 15 is 0 Å². The lowest BCUT2D eigenvalue weighted by molar-refractivity contribution is -0.136. The van der Waals surface area contributed by atoms with Gasteiger partial charge in [0.25, 0.3) is 0 Å². The van der Waals surface area contributed by atoms with Gasteiger partial charge in [-0.25, -0.2) is 9.78 Å². The number of hydrogen-bond acceptors (Lipinski definition) is 6. The molecule has 20 heavy (non-hydrogen) atoms. The molecule has 0 saturated carbocycles. The van der Waals surface area contributed by atoms with Gasteiger partial charge in [-0.15, -0.1) is 6.58 Å². The van der Waals surface area contributed by atoms with E-state index in [2.05, 4.69) is 11.6 Å². The minimum Gasteiger partial charge on any atom is -0.481 e. The Hall–Kier alpha value is -1.89. The third-order valence-electron chi connectivity index (χ3n) is 2.46. The number of nitrogens with zero attached hydrogens (tertiary/aromatic N) is 2. The van der Waals surface area contributed by atoms with Crippen LogP contribution in [0.4, 0.5) is 5.13 Å². The number of aromatic nitrogens is 1. The summed E-state index contributed by atoms with van der Waals surface area (Å²) in [4.78, 5) is 28.9. The molecule has 0 fully saturated rings. The highest BCUT2D eigenvalue weighted by Gasteiger charge is 2.19. The van der Waals surface area contributed by atoms with Crippen LogP contribution in [0.2, 0.25) is 0 Å². The average Bonchev–Trinajstić information content (AvgIpc) is 2.76. The van der Waals surface area contributed by atoms with Crippen molar-refractivity contribution >= 4 is 28.4 Å². The van der Waals surface area contributed by atoms with E-state index in [9.17, 15) is 9.59 Å². The van der Waals surface area contributed by atoms with E-state index in [-0.39, 0.29) is 6.42 Å². The number of esters is 1. The minimum absolute atomic E-state index is 0.00120. The van der Waals surface area contributed by atoms with Gasteiger partial charge in [0, 0.05) is 13.1 Å². The second-order valence-electron chi connectivity index (χ2n) is 4.01. The number of anilines is 1. The Kier molecular flexibility index (Phi) is 6.17. The number of carboxylic acid groups (broad SMARTS) is 1. The Morgan fingerprint density at radius 2 is 2.25 bits per heavy atom. The number of aliphatic carboxylic acids is 1. The first-order valence-corrected chi connectivity index (χ1v) is 7.03. The molecule has 1 aromatic rings. The molecule has 0 radical (unpaired) electrons. The summed E-state index contributed by atoms with van der Waals surface area (Å²) in [6.45, 7) is 8.21. The van der Waals surface area contributed by atoms with E-state index in [0.717, 1.165) is 0 Å². The summed E-state index contributed by atoms with van der Waals surface area (Å²) in [6, 6.07) is 0. The first-order valence-electron chi connectivity index (χ1n) is 6.21. The number of ether oxygens (including phenoxy) is 1. The van der Waals surface area contributed by atoms with Gasteiger partial charge in [-0.1, -0.05) is 17.4 Å². The molecule has 0 aromatic carbocycles. The fraction of sp³-hybridized carbons (Fsp3) is 0.462. The zero-order chi connectivity index (χ0) is 15.1. The first-order chi connectivity index (χ1) is 9.49. The highest BCUT2D eigenvalue weighted by molar-refractivity contribution is 7.17. The van der Waals surface area contributed by atoms with Crippen LogP contribution in [0.1, 0.15) is 28.7 Å². The molecule has 110 valence electrons. The molecule has 0 unspecified atom stereocenters. The van der Waals surface area contributed by atoms with Gasteiger partial charge in [0.1, 0.15) is 4.88 Å². The monoisotopic (exact) mass is 298 g/mol. The normalized spacial score (nSPS) is 10.1. The standard InChI is InChI=1S/C13H18N2O4S/c1-4-7-15(8-6-10(16)17)13-14-9(3)11(20-13)12(18)19-5-2/h4H,1,5-8H2,2-3H3,(H,16,17). The zero-order valence-corrected chi connectivity index (χ0v) is 12.4. The van der Waals surface area contributed by atoms with Crippen LogP contribution in [0.5, 0.6) is 0 Å². The third kappa shape index (κ3) is 4.34. The van der Waals surface area contributed by atoms with Crippen LogP contribution >= 0.6 is 11.3 Å². The van der Waals surface area contributed by atoms with Gasteiger partial charge in [0.05, 0.1) is 18.7 Å². The molecule has 0 bridgehead atoms. The average molecular weight is 298 g/mol. The Labute approximate surface area is 121 Å². The Morgan fingerprint density at radius 3 is 2.80 bits per heavy atom. The maximum atomic E-state index is 11.7. The molecule has 0 saturated heterocycles. The molecule has 0 spiro atoms. The van der Waals surface area contributed by atoms with E-state index in [1.54, 1.807) is 24.8 Å². The van der Waals surface area contributed by atoms with Crippen molar-refractivity contribution in [3.05, 3.63) is 23.2 Å². The molecule has 6 nitrogen and oxygen atoms in total. The predicted molar refractivity (Wildman–Crippen MR) is 77.5 cm³/mol. The van der Waals surface area contributed by atoms with Crippen molar-refractivity contribution in [2.45, 2.75) is 20.3 Å². The van der Waals surface area contributed by atoms with Crippen LogP contribution in [0.15, 0.2) is 12.7 Å². The lowest BCUT2D eigenvalue weighted by atomic mass is 10.4. The molecule has 1 N–H and O–H groups in total. The van der Waals surface area contributed by atoms with Crippen molar-refractivity contribution in [2.75, 3.05) is 24.6 Å². The number of thiazole rings is 1. The summed E-state index contributed by atoms with van der Waals surface area (Å²) < 4.78 is 4.96. The van der Waals surface area contributed by atoms with Crippen molar-refractivity contribution in [2.24, 2.45) is 0 Å². The number of rotatable bonds is 8. The molecule has 1 aromatic heterocycles. The van der Waals surface area contributed by atoms with Gasteiger partial charge in [-0.2, -0.15) is 0 Å². The van der Waals surface area contributed by atoms with Crippen molar-refractivity contribution in [3.63, 3.8) is 0 Å². The van der Waals surface area contributed by atoms with Crippen LogP contribution in [0.25, 0.3) is 0 Å². The van der Waals surface area contributed by atoms with Gasteiger partial charge in [0.2, 0.25) is 0 Å². The Bertz CT molecular complexity index is 499. The summed E-state index contributed by atoms with van der Waals surface area (Å²) >= 11 is 1.21. The molecular weight excluding hydrogens is 280 g/mol. The second kappa shape index (κ2) is 7.64. The van der Waals surface area contributed by atoms with Crippen molar-refractivity contribution < 1.29 is 19.4 Å². The van der Waals surface area contributed by atoms with Gasteiger partial charge < -0.3 is 14.7 Å². The molecule has 0 aliphatic carbocycles. The fourth-order valence-electron chi connectivity index (χ4n) is 1.55. The van der Waals surface area contributed by atoms with E-state index in [4.69, 9.17) is 9.84 Å². The van der Waals surface area contributed by atoms with Gasteiger partial charge in [-0.3, -0.25) is 4.79 Å². The summed E-state index contributed by atoms with van der Waals surface area (Å²) in [5.74, 6) is -1.27. The van der Waals surface area contributed by atoms with E-state index in [1.807, 2.05) is 0 Å². The molecule has 1 heterocycles. The largest absolute Gasteiger partial charge is 0.481 e. The molecule has 0 atom stereocenters. The predicted octanol–water partition coefficient (Wildman–Crippen LogP) is 2.10. The quantitative estimate of drug-likeness (QED) is 0.585. The summed E-state index contributed by atoms with van der Waals surface area (Å²) in [7, 11) is 0. The van der Waals surface area contributed by atoms with Crippen LogP contribution in [0.3, 0.4) is 0 Å². The molecular formula is C13H18N2O4S. The highest BCUT2D eigenvalue weighted by atomic mass is 32.1. The molecule has 0 aliphatic heterocycles. The van der Waals surface area contributed by atoms with E-state index in [1.165, 1.54) is 11.3 Å². The van der Waals surface area contributed by atoms with Crippen molar-refractivity contribution in [1.82, 2.24) is 4.98 Å². The molecule has 7 heteroatoms.